The molecule has 37 heavy (non-hydrogen) atoms. The van der Waals surface area contributed by atoms with Crippen LogP contribution in [0.15, 0.2) is 66.0 Å². The second kappa shape index (κ2) is 11.8. The van der Waals surface area contributed by atoms with Crippen LogP contribution in [0, 0.1) is 11.7 Å². The lowest BCUT2D eigenvalue weighted by Crippen LogP contribution is -2.45. The minimum atomic E-state index is -0.953. The molecule has 1 aliphatic heterocycles. The van der Waals surface area contributed by atoms with E-state index in [4.69, 9.17) is 0 Å². The highest BCUT2D eigenvalue weighted by molar-refractivity contribution is 5.94. The molecule has 10 heteroatoms. The highest BCUT2D eigenvalue weighted by Gasteiger charge is 2.28. The normalized spacial score (nSPS) is 16.0. The van der Waals surface area contributed by atoms with Crippen LogP contribution in [0.5, 0.6) is 0 Å². The minimum Gasteiger partial charge on any atom is -0.379 e. The van der Waals surface area contributed by atoms with Crippen LogP contribution in [0.3, 0.4) is 0 Å². The number of H-pyrrole nitrogens is 1. The molecule has 1 amide bonds. The molecule has 3 aromatic rings. The monoisotopic (exact) mass is 501 g/mol. The van der Waals surface area contributed by atoms with E-state index >= 15 is 0 Å². The van der Waals surface area contributed by atoms with Gasteiger partial charge in [0.15, 0.2) is 5.82 Å². The van der Waals surface area contributed by atoms with E-state index in [1.54, 1.807) is 36.3 Å². The SMILES string of the molecule is O=C=CC(C[C@@H]1CCNC1=C=O)NC(=C=O)C(Cc1cccc(F)c1)NC(=O)c1nc2ccccc2[nH]1. The van der Waals surface area contributed by atoms with Gasteiger partial charge in [-0.2, -0.15) is 0 Å². The maximum absolute atomic E-state index is 13.9. The Balaban J connectivity index is 1.59. The lowest BCUT2D eigenvalue weighted by molar-refractivity contribution is 0.0932. The molecule has 2 heterocycles. The maximum Gasteiger partial charge on any atom is 0.287 e. The van der Waals surface area contributed by atoms with E-state index in [9.17, 15) is 23.6 Å². The number of carbonyl (C=O) groups excluding carboxylic acids is 4. The number of halogens is 1. The Morgan fingerprint density at radius 1 is 1.16 bits per heavy atom. The number of fused-ring (bicyclic) bond motifs is 1. The summed E-state index contributed by atoms with van der Waals surface area (Å²) in [6.07, 6.45) is 2.23. The van der Waals surface area contributed by atoms with E-state index in [0.29, 0.717) is 41.7 Å². The van der Waals surface area contributed by atoms with Crippen molar-refractivity contribution in [1.82, 2.24) is 25.9 Å². The van der Waals surface area contributed by atoms with Gasteiger partial charge in [0.2, 0.25) is 0 Å². The first-order valence-electron chi connectivity index (χ1n) is 11.7. The summed E-state index contributed by atoms with van der Waals surface area (Å²) in [5.74, 6) is 4.22. The topological polar surface area (TPSA) is 133 Å². The predicted octanol–water partition coefficient (Wildman–Crippen LogP) is 1.82. The Morgan fingerprint density at radius 3 is 2.73 bits per heavy atom. The highest BCUT2D eigenvalue weighted by Crippen LogP contribution is 2.23. The molecular weight excluding hydrogens is 477 g/mol. The summed E-state index contributed by atoms with van der Waals surface area (Å²) >= 11 is 0. The molecule has 1 fully saturated rings. The van der Waals surface area contributed by atoms with Gasteiger partial charge < -0.3 is 20.9 Å². The molecule has 0 aliphatic carbocycles. The van der Waals surface area contributed by atoms with Crippen molar-refractivity contribution in [3.63, 3.8) is 0 Å². The third kappa shape index (κ3) is 6.28. The summed E-state index contributed by atoms with van der Waals surface area (Å²) in [6, 6.07) is 11.3. The second-order valence-electron chi connectivity index (χ2n) is 8.68. The Kier molecular flexibility index (Phi) is 8.08. The van der Waals surface area contributed by atoms with Crippen LogP contribution in [0.1, 0.15) is 29.0 Å². The predicted molar refractivity (Wildman–Crippen MR) is 134 cm³/mol. The van der Waals surface area contributed by atoms with Gasteiger partial charge in [-0.15, -0.1) is 0 Å². The van der Waals surface area contributed by atoms with E-state index in [-0.39, 0.29) is 23.9 Å². The van der Waals surface area contributed by atoms with Gasteiger partial charge in [0, 0.05) is 18.5 Å². The number of nitrogens with zero attached hydrogens (tertiary/aromatic N) is 1. The van der Waals surface area contributed by atoms with E-state index < -0.39 is 23.8 Å². The number of allylic oxidation sites excluding steroid dienone is 1. The number of hydrogen-bond acceptors (Lipinski definition) is 7. The zero-order valence-corrected chi connectivity index (χ0v) is 19.7. The molecule has 2 aromatic carbocycles. The summed E-state index contributed by atoms with van der Waals surface area (Å²) in [5.41, 5.74) is 2.14. The largest absolute Gasteiger partial charge is 0.379 e. The third-order valence-electron chi connectivity index (χ3n) is 6.17. The van der Waals surface area contributed by atoms with Gasteiger partial charge in [0.05, 0.1) is 28.8 Å². The summed E-state index contributed by atoms with van der Waals surface area (Å²) in [7, 11) is 0. The first kappa shape index (κ1) is 25.4. The van der Waals surface area contributed by atoms with Crippen molar-refractivity contribution in [3.8, 4) is 0 Å². The fourth-order valence-electron chi connectivity index (χ4n) is 4.39. The lowest BCUT2D eigenvalue weighted by atomic mass is 9.95. The van der Waals surface area contributed by atoms with Crippen LogP contribution < -0.4 is 16.0 Å². The summed E-state index contributed by atoms with van der Waals surface area (Å²) in [4.78, 5) is 54.8. The smallest absolute Gasteiger partial charge is 0.287 e. The molecule has 1 aliphatic rings. The van der Waals surface area contributed by atoms with Crippen LogP contribution in [0.25, 0.3) is 11.0 Å². The molecule has 188 valence electrons. The Labute approximate surface area is 211 Å². The number of imidazole rings is 1. The van der Waals surface area contributed by atoms with Crippen molar-refractivity contribution >= 4 is 34.8 Å². The number of hydrogen-bond donors (Lipinski definition) is 4. The number of carbonyl (C=O) groups is 1. The van der Waals surface area contributed by atoms with Crippen LogP contribution in [-0.4, -0.2) is 52.3 Å². The Morgan fingerprint density at radius 2 is 2.00 bits per heavy atom. The quantitative estimate of drug-likeness (QED) is 0.312. The molecule has 0 radical (unpaired) electrons. The molecule has 0 spiro atoms. The first-order valence-corrected chi connectivity index (χ1v) is 11.7. The Hall–Kier alpha value is -4.74. The molecule has 1 aromatic heterocycles. The number of benzene rings is 2. The fourth-order valence-corrected chi connectivity index (χ4v) is 4.39. The van der Waals surface area contributed by atoms with Crippen molar-refractivity contribution in [2.24, 2.45) is 5.92 Å². The molecule has 2 unspecified atom stereocenters. The van der Waals surface area contributed by atoms with Crippen LogP contribution in [0.4, 0.5) is 4.39 Å². The van der Waals surface area contributed by atoms with E-state index in [1.165, 1.54) is 24.3 Å². The molecule has 3 atom stereocenters. The average molecular weight is 502 g/mol. The molecule has 4 rings (SSSR count). The zero-order valence-electron chi connectivity index (χ0n) is 19.7. The summed E-state index contributed by atoms with van der Waals surface area (Å²) < 4.78 is 13.9. The fraction of sp³-hybridized carbons (Fsp3) is 0.259. The van der Waals surface area contributed by atoms with Crippen LogP contribution in [0.2, 0.25) is 0 Å². The number of aromatic amines is 1. The maximum atomic E-state index is 13.9. The number of nitrogens with one attached hydrogen (secondary N) is 4. The second-order valence-corrected chi connectivity index (χ2v) is 8.68. The zero-order chi connectivity index (χ0) is 26.2. The number of para-hydroxylation sites is 2. The van der Waals surface area contributed by atoms with Crippen LogP contribution in [-0.2, 0) is 20.8 Å². The van der Waals surface area contributed by atoms with E-state index in [2.05, 4.69) is 25.9 Å². The van der Waals surface area contributed by atoms with E-state index in [1.807, 2.05) is 11.9 Å². The molecule has 4 N–H and O–H groups in total. The summed E-state index contributed by atoms with van der Waals surface area (Å²) in [6.45, 7) is 0.596. The van der Waals surface area contributed by atoms with Crippen molar-refractivity contribution in [3.05, 3.63) is 83.2 Å². The summed E-state index contributed by atoms with van der Waals surface area (Å²) in [5, 5.41) is 8.68. The van der Waals surface area contributed by atoms with Gasteiger partial charge in [-0.25, -0.2) is 23.8 Å². The Bertz CT molecular complexity index is 1410. The van der Waals surface area contributed by atoms with Gasteiger partial charge in [-0.05, 0) is 49.1 Å². The molecule has 9 nitrogen and oxygen atoms in total. The molecular formula is C27H24FN5O4. The highest BCUT2D eigenvalue weighted by atomic mass is 19.1. The molecule has 0 saturated carbocycles. The number of amides is 1. The van der Waals surface area contributed by atoms with Gasteiger partial charge in [0.25, 0.3) is 5.91 Å². The van der Waals surface area contributed by atoms with Gasteiger partial charge >= 0.3 is 0 Å². The van der Waals surface area contributed by atoms with E-state index in [0.717, 1.165) is 0 Å². The van der Waals surface area contributed by atoms with Gasteiger partial charge in [-0.3, -0.25) is 4.79 Å². The van der Waals surface area contributed by atoms with Crippen molar-refractivity contribution in [1.29, 1.82) is 0 Å². The van der Waals surface area contributed by atoms with Crippen molar-refractivity contribution in [2.75, 3.05) is 6.54 Å². The molecule has 1 saturated heterocycles. The number of aromatic nitrogens is 2. The average Bonchev–Trinajstić information content (AvgIpc) is 3.53. The minimum absolute atomic E-state index is 0.0396. The standard InChI is InChI=1S/C27H24FN5O4/c28-19-5-3-4-17(12-19)13-23(33-27(37)26-31-21-6-1-2-7-22(21)32-26)25(16-36)30-20(9-11-34)14-18-8-10-29-24(18)15-35/h1-7,9,12,18,20,23,29-30H,8,10,13-14H2,(H,31,32)(H,33,37)/t18-,20?,23?/m0/s1. The first-order chi connectivity index (χ1) is 18.0. The number of rotatable bonds is 10. The van der Waals surface area contributed by atoms with Gasteiger partial charge in [0.1, 0.15) is 29.3 Å². The van der Waals surface area contributed by atoms with Crippen molar-refractivity contribution < 1.29 is 23.6 Å². The van der Waals surface area contributed by atoms with Gasteiger partial charge in [-0.1, -0.05) is 24.3 Å². The molecule has 0 bridgehead atoms. The van der Waals surface area contributed by atoms with Crippen LogP contribution >= 0.6 is 0 Å². The third-order valence-corrected chi connectivity index (χ3v) is 6.17. The lowest BCUT2D eigenvalue weighted by Gasteiger charge is -2.25. The van der Waals surface area contributed by atoms with Crippen molar-refractivity contribution in [2.45, 2.75) is 31.3 Å².